The number of carbonyl (C=O) groups is 2. The highest BCUT2D eigenvalue weighted by molar-refractivity contribution is 5.94. The van der Waals surface area contributed by atoms with Crippen LogP contribution < -0.4 is 5.32 Å². The lowest BCUT2D eigenvalue weighted by molar-refractivity contribution is 0.0434. The van der Waals surface area contributed by atoms with E-state index in [4.69, 9.17) is 9.47 Å². The molecule has 0 radical (unpaired) electrons. The van der Waals surface area contributed by atoms with Crippen LogP contribution in [0.25, 0.3) is 10.9 Å². The summed E-state index contributed by atoms with van der Waals surface area (Å²) < 4.78 is 10.2. The van der Waals surface area contributed by atoms with E-state index in [0.717, 1.165) is 10.9 Å². The molecule has 0 fully saturated rings. The predicted octanol–water partition coefficient (Wildman–Crippen LogP) is 2.85. The second-order valence-electron chi connectivity index (χ2n) is 5.84. The molecule has 6 heteroatoms. The Bertz CT molecular complexity index is 670. The van der Waals surface area contributed by atoms with Gasteiger partial charge in [0.25, 0.3) is 0 Å². The first-order valence-corrected chi connectivity index (χ1v) is 7.06. The van der Waals surface area contributed by atoms with Crippen molar-refractivity contribution >= 4 is 23.0 Å². The Morgan fingerprint density at radius 2 is 2.00 bits per heavy atom. The van der Waals surface area contributed by atoms with Crippen LogP contribution in [0.5, 0.6) is 0 Å². The quantitative estimate of drug-likeness (QED) is 0.672. The topological polar surface area (TPSA) is 80.4 Å². The van der Waals surface area contributed by atoms with Crippen LogP contribution in [0.4, 0.5) is 4.79 Å². The van der Waals surface area contributed by atoms with Gasteiger partial charge in [0.05, 0.1) is 12.1 Å². The van der Waals surface area contributed by atoms with Crippen molar-refractivity contribution in [1.82, 2.24) is 10.3 Å². The molecule has 0 aliphatic heterocycles. The van der Waals surface area contributed by atoms with Gasteiger partial charge in [-0.15, -0.1) is 0 Å². The number of alkyl carbamates (subject to hydrolysis) is 1. The number of H-pyrrole nitrogens is 1. The minimum Gasteiger partial charge on any atom is -0.460 e. The summed E-state index contributed by atoms with van der Waals surface area (Å²) in [6, 6.07) is 7.22. The first kappa shape index (κ1) is 15.9. The lowest BCUT2D eigenvalue weighted by Gasteiger charge is -2.19. The first-order valence-electron chi connectivity index (χ1n) is 7.06. The average molecular weight is 304 g/mol. The Balaban J connectivity index is 1.77. The van der Waals surface area contributed by atoms with Crippen LogP contribution in [0.2, 0.25) is 0 Å². The van der Waals surface area contributed by atoms with E-state index >= 15 is 0 Å². The summed E-state index contributed by atoms with van der Waals surface area (Å²) in [4.78, 5) is 26.4. The lowest BCUT2D eigenvalue weighted by Crippen LogP contribution is -2.34. The number of aromatic amines is 1. The average Bonchev–Trinajstić information content (AvgIpc) is 2.88. The van der Waals surface area contributed by atoms with Crippen LogP contribution >= 0.6 is 0 Å². The number of ether oxygens (including phenoxy) is 2. The Labute approximate surface area is 128 Å². The Kier molecular flexibility index (Phi) is 4.70. The molecule has 0 saturated carbocycles. The zero-order valence-corrected chi connectivity index (χ0v) is 12.9. The van der Waals surface area contributed by atoms with E-state index in [9.17, 15) is 9.59 Å². The molecule has 1 aromatic carbocycles. The second kappa shape index (κ2) is 6.51. The maximum absolute atomic E-state index is 11.9. The van der Waals surface area contributed by atoms with E-state index in [0.29, 0.717) is 5.56 Å². The highest BCUT2D eigenvalue weighted by atomic mass is 16.6. The van der Waals surface area contributed by atoms with Crippen LogP contribution in [0.1, 0.15) is 31.1 Å². The van der Waals surface area contributed by atoms with Crippen LogP contribution in [0, 0.1) is 0 Å². The van der Waals surface area contributed by atoms with Gasteiger partial charge in [-0.3, -0.25) is 0 Å². The van der Waals surface area contributed by atoms with Gasteiger partial charge >= 0.3 is 12.1 Å². The number of nitrogens with one attached hydrogen (secondary N) is 2. The number of carbonyl (C=O) groups excluding carboxylic acids is 2. The zero-order valence-electron chi connectivity index (χ0n) is 12.9. The molecular weight excluding hydrogens is 284 g/mol. The molecule has 0 saturated heterocycles. The van der Waals surface area contributed by atoms with Gasteiger partial charge in [0.15, 0.2) is 0 Å². The molecular formula is C16H20N2O4. The van der Waals surface area contributed by atoms with Gasteiger partial charge in [-0.05, 0) is 44.4 Å². The van der Waals surface area contributed by atoms with E-state index in [2.05, 4.69) is 10.3 Å². The van der Waals surface area contributed by atoms with Crippen molar-refractivity contribution < 1.29 is 19.1 Å². The molecule has 6 nitrogen and oxygen atoms in total. The summed E-state index contributed by atoms with van der Waals surface area (Å²) >= 11 is 0. The standard InChI is InChI=1S/C16H20N2O4/c1-16(2,3)22-15(20)18-8-9-21-14(19)12-5-4-11-6-7-17-13(11)10-12/h4-7,10,17H,8-9H2,1-3H3,(H,18,20). The minimum absolute atomic E-state index is 0.0842. The number of aromatic nitrogens is 1. The molecule has 2 rings (SSSR count). The third kappa shape index (κ3) is 4.51. The van der Waals surface area contributed by atoms with Crippen LogP contribution in [0.15, 0.2) is 30.5 Å². The predicted molar refractivity (Wildman–Crippen MR) is 82.8 cm³/mol. The van der Waals surface area contributed by atoms with Crippen molar-refractivity contribution in [2.45, 2.75) is 26.4 Å². The summed E-state index contributed by atoms with van der Waals surface area (Å²) in [7, 11) is 0. The fraction of sp³-hybridized carbons (Fsp3) is 0.375. The summed E-state index contributed by atoms with van der Waals surface area (Å²) in [5, 5.41) is 3.56. The van der Waals surface area contributed by atoms with E-state index in [-0.39, 0.29) is 13.2 Å². The van der Waals surface area contributed by atoms with Gasteiger partial charge in [0.2, 0.25) is 0 Å². The number of hydrogen-bond acceptors (Lipinski definition) is 4. The summed E-state index contributed by atoms with van der Waals surface area (Å²) in [6.07, 6.45) is 1.28. The fourth-order valence-electron chi connectivity index (χ4n) is 1.87. The minimum atomic E-state index is -0.549. The number of fused-ring (bicyclic) bond motifs is 1. The number of rotatable bonds is 4. The van der Waals surface area contributed by atoms with Gasteiger partial charge in [0.1, 0.15) is 12.2 Å². The van der Waals surface area contributed by atoms with E-state index in [1.807, 2.05) is 18.3 Å². The molecule has 0 bridgehead atoms. The summed E-state index contributed by atoms with van der Waals surface area (Å²) in [5.41, 5.74) is 0.792. The van der Waals surface area contributed by atoms with Crippen molar-refractivity contribution in [1.29, 1.82) is 0 Å². The molecule has 118 valence electrons. The van der Waals surface area contributed by atoms with Crippen LogP contribution in [-0.2, 0) is 9.47 Å². The smallest absolute Gasteiger partial charge is 0.407 e. The van der Waals surface area contributed by atoms with Crippen molar-refractivity contribution in [3.63, 3.8) is 0 Å². The molecule has 1 aromatic heterocycles. The Morgan fingerprint density at radius 1 is 1.23 bits per heavy atom. The van der Waals surface area contributed by atoms with E-state index in [1.165, 1.54) is 0 Å². The molecule has 22 heavy (non-hydrogen) atoms. The van der Waals surface area contributed by atoms with E-state index < -0.39 is 17.7 Å². The van der Waals surface area contributed by atoms with Crippen molar-refractivity contribution in [3.05, 3.63) is 36.0 Å². The van der Waals surface area contributed by atoms with Gasteiger partial charge in [-0.1, -0.05) is 6.07 Å². The monoisotopic (exact) mass is 304 g/mol. The zero-order chi connectivity index (χ0) is 16.2. The third-order valence-corrected chi connectivity index (χ3v) is 2.79. The first-order chi connectivity index (χ1) is 10.3. The number of amides is 1. The molecule has 1 heterocycles. The van der Waals surface area contributed by atoms with E-state index in [1.54, 1.807) is 32.9 Å². The Hall–Kier alpha value is -2.50. The fourth-order valence-corrected chi connectivity index (χ4v) is 1.87. The molecule has 2 aromatic rings. The number of benzene rings is 1. The van der Waals surface area contributed by atoms with Crippen molar-refractivity contribution in [3.8, 4) is 0 Å². The van der Waals surface area contributed by atoms with Crippen LogP contribution in [0.3, 0.4) is 0 Å². The van der Waals surface area contributed by atoms with Gasteiger partial charge in [-0.2, -0.15) is 0 Å². The van der Waals surface area contributed by atoms with Crippen molar-refractivity contribution in [2.24, 2.45) is 0 Å². The maximum Gasteiger partial charge on any atom is 0.407 e. The number of hydrogen-bond donors (Lipinski definition) is 2. The van der Waals surface area contributed by atoms with Gasteiger partial charge < -0.3 is 19.8 Å². The highest BCUT2D eigenvalue weighted by Crippen LogP contribution is 2.14. The van der Waals surface area contributed by atoms with Gasteiger partial charge in [0, 0.05) is 11.7 Å². The Morgan fingerprint density at radius 3 is 2.73 bits per heavy atom. The molecule has 0 unspecified atom stereocenters. The second-order valence-corrected chi connectivity index (χ2v) is 5.84. The molecule has 0 atom stereocenters. The summed E-state index contributed by atoms with van der Waals surface area (Å²) in [5.74, 6) is -0.428. The molecule has 1 amide bonds. The molecule has 0 aliphatic rings. The van der Waals surface area contributed by atoms with Crippen LogP contribution in [-0.4, -0.2) is 35.8 Å². The normalized spacial score (nSPS) is 11.2. The molecule has 0 aliphatic carbocycles. The third-order valence-electron chi connectivity index (χ3n) is 2.79. The van der Waals surface area contributed by atoms with Gasteiger partial charge in [-0.25, -0.2) is 9.59 Å². The number of esters is 1. The molecule has 0 spiro atoms. The maximum atomic E-state index is 11.9. The largest absolute Gasteiger partial charge is 0.460 e. The lowest BCUT2D eigenvalue weighted by atomic mass is 10.2. The van der Waals surface area contributed by atoms with Crippen molar-refractivity contribution in [2.75, 3.05) is 13.2 Å². The summed E-state index contributed by atoms with van der Waals surface area (Å²) in [6.45, 7) is 5.63. The highest BCUT2D eigenvalue weighted by Gasteiger charge is 2.15. The molecule has 2 N–H and O–H groups in total. The SMILES string of the molecule is CC(C)(C)OC(=O)NCCOC(=O)c1ccc2cc[nH]c2c1.